The van der Waals surface area contributed by atoms with Crippen molar-refractivity contribution in [1.82, 2.24) is 10.1 Å². The van der Waals surface area contributed by atoms with Crippen LogP contribution in [0.1, 0.15) is 22.7 Å². The second-order valence-electron chi connectivity index (χ2n) is 8.07. The summed E-state index contributed by atoms with van der Waals surface area (Å²) in [5, 5.41) is 4.67. The molecule has 4 aromatic rings. The van der Waals surface area contributed by atoms with Gasteiger partial charge in [0.25, 0.3) is 5.91 Å². The zero-order chi connectivity index (χ0) is 23.5. The van der Waals surface area contributed by atoms with Crippen LogP contribution >= 0.6 is 11.8 Å². The van der Waals surface area contributed by atoms with E-state index in [0.29, 0.717) is 23.0 Å². The SMILES string of the molecule is O=C(c1cc(-c2ccccc2)on1)N(Cc1ccc(Sc2ccccc2)o1)[C@H]1CCS(=O)(=O)C1. The Morgan fingerprint density at radius 2 is 1.76 bits per heavy atom. The molecule has 0 aliphatic carbocycles. The number of sulfone groups is 1. The van der Waals surface area contributed by atoms with Crippen LogP contribution in [0, 0.1) is 0 Å². The zero-order valence-corrected chi connectivity index (χ0v) is 19.8. The predicted octanol–water partition coefficient (Wildman–Crippen LogP) is 4.92. The van der Waals surface area contributed by atoms with Crippen LogP contribution in [0.3, 0.4) is 0 Å². The van der Waals surface area contributed by atoms with Gasteiger partial charge in [-0.15, -0.1) is 0 Å². The highest BCUT2D eigenvalue weighted by Crippen LogP contribution is 2.31. The molecule has 1 amide bonds. The minimum atomic E-state index is -3.19. The molecule has 1 atom stereocenters. The quantitative estimate of drug-likeness (QED) is 0.360. The number of amides is 1. The topological polar surface area (TPSA) is 93.6 Å². The van der Waals surface area contributed by atoms with E-state index >= 15 is 0 Å². The van der Waals surface area contributed by atoms with Gasteiger partial charge in [0, 0.05) is 22.6 Å². The Hall–Kier alpha value is -3.30. The molecule has 174 valence electrons. The summed E-state index contributed by atoms with van der Waals surface area (Å²) in [6, 6.07) is 24.0. The number of furan rings is 1. The van der Waals surface area contributed by atoms with Crippen LogP contribution in [0.15, 0.2) is 97.8 Å². The van der Waals surface area contributed by atoms with E-state index < -0.39 is 15.9 Å². The van der Waals surface area contributed by atoms with Gasteiger partial charge in [-0.25, -0.2) is 8.42 Å². The Labute approximate surface area is 201 Å². The zero-order valence-electron chi connectivity index (χ0n) is 18.2. The number of benzene rings is 2. The molecule has 0 unspecified atom stereocenters. The summed E-state index contributed by atoms with van der Waals surface area (Å²) in [7, 11) is -3.19. The van der Waals surface area contributed by atoms with Crippen LogP contribution in [0.2, 0.25) is 0 Å². The molecular formula is C25H22N2O5S2. The summed E-state index contributed by atoms with van der Waals surface area (Å²) < 4.78 is 35.7. The monoisotopic (exact) mass is 494 g/mol. The Morgan fingerprint density at radius 1 is 1.03 bits per heavy atom. The molecule has 9 heteroatoms. The van der Waals surface area contributed by atoms with E-state index in [9.17, 15) is 13.2 Å². The standard InChI is InChI=1S/C25H22N2O5S2/c28-25(22-15-23(32-26-22)18-7-3-1-4-8-18)27(19-13-14-34(29,30)17-19)16-20-11-12-24(31-20)33-21-9-5-2-6-10-21/h1-12,15,19H,13-14,16-17H2/t19-/m0/s1. The average molecular weight is 495 g/mol. The molecule has 0 N–H and O–H groups in total. The van der Waals surface area contributed by atoms with E-state index in [-0.39, 0.29) is 29.7 Å². The fourth-order valence-corrected chi connectivity index (χ4v) is 6.46. The summed E-state index contributed by atoms with van der Waals surface area (Å²) in [6.45, 7) is 0.141. The highest BCUT2D eigenvalue weighted by molar-refractivity contribution is 7.99. The number of nitrogens with zero attached hydrogens (tertiary/aromatic N) is 2. The minimum Gasteiger partial charge on any atom is -0.453 e. The van der Waals surface area contributed by atoms with E-state index in [0.717, 1.165) is 10.5 Å². The molecule has 1 aliphatic heterocycles. The largest absolute Gasteiger partial charge is 0.453 e. The number of hydrogen-bond acceptors (Lipinski definition) is 7. The molecule has 2 aromatic heterocycles. The highest BCUT2D eigenvalue weighted by Gasteiger charge is 2.36. The lowest BCUT2D eigenvalue weighted by Crippen LogP contribution is -2.40. The van der Waals surface area contributed by atoms with Crippen LogP contribution in [0.5, 0.6) is 0 Å². The number of carbonyl (C=O) groups is 1. The first kappa shape index (κ1) is 22.5. The molecule has 0 bridgehead atoms. The maximum atomic E-state index is 13.5. The summed E-state index contributed by atoms with van der Waals surface area (Å²) in [6.07, 6.45) is 0.379. The van der Waals surface area contributed by atoms with Gasteiger partial charge in [0.05, 0.1) is 18.1 Å². The number of rotatable bonds is 7. The predicted molar refractivity (Wildman–Crippen MR) is 128 cm³/mol. The van der Waals surface area contributed by atoms with E-state index in [1.54, 1.807) is 6.07 Å². The van der Waals surface area contributed by atoms with Crippen molar-refractivity contribution in [2.45, 2.75) is 29.0 Å². The summed E-state index contributed by atoms with van der Waals surface area (Å²) in [5.74, 6) is 0.643. The minimum absolute atomic E-state index is 0.0583. The third-order valence-corrected chi connectivity index (χ3v) is 8.30. The lowest BCUT2D eigenvalue weighted by molar-refractivity contribution is 0.0653. The Balaban J connectivity index is 1.38. The molecular weight excluding hydrogens is 472 g/mol. The van der Waals surface area contributed by atoms with Crippen molar-refractivity contribution in [2.75, 3.05) is 11.5 Å². The molecule has 7 nitrogen and oxygen atoms in total. The van der Waals surface area contributed by atoms with E-state index in [1.807, 2.05) is 72.8 Å². The molecule has 5 rings (SSSR count). The van der Waals surface area contributed by atoms with Gasteiger partial charge in [0.2, 0.25) is 0 Å². The lowest BCUT2D eigenvalue weighted by atomic mass is 10.1. The molecule has 1 fully saturated rings. The van der Waals surface area contributed by atoms with Crippen LogP contribution in [-0.2, 0) is 16.4 Å². The smallest absolute Gasteiger partial charge is 0.276 e. The fraction of sp³-hybridized carbons (Fsp3) is 0.200. The number of aromatic nitrogens is 1. The first-order valence-corrected chi connectivity index (χ1v) is 13.5. The van der Waals surface area contributed by atoms with Crippen molar-refractivity contribution in [2.24, 2.45) is 0 Å². The normalized spacial score (nSPS) is 17.0. The van der Waals surface area contributed by atoms with Crippen molar-refractivity contribution in [3.8, 4) is 11.3 Å². The summed E-state index contributed by atoms with van der Waals surface area (Å²) >= 11 is 1.48. The van der Waals surface area contributed by atoms with Gasteiger partial charge in [-0.3, -0.25) is 4.79 Å². The van der Waals surface area contributed by atoms with Crippen LogP contribution in [0.4, 0.5) is 0 Å². The van der Waals surface area contributed by atoms with E-state index in [2.05, 4.69) is 5.16 Å². The Morgan fingerprint density at radius 3 is 2.47 bits per heavy atom. The molecule has 1 aliphatic rings. The molecule has 34 heavy (non-hydrogen) atoms. The van der Waals surface area contributed by atoms with Crippen LogP contribution < -0.4 is 0 Å². The van der Waals surface area contributed by atoms with Gasteiger partial charge in [-0.2, -0.15) is 0 Å². The number of hydrogen-bond donors (Lipinski definition) is 0. The average Bonchev–Trinajstić information content (AvgIpc) is 3.58. The molecule has 2 aromatic carbocycles. The van der Waals surface area contributed by atoms with Gasteiger partial charge in [-0.05, 0) is 30.7 Å². The van der Waals surface area contributed by atoms with Gasteiger partial charge in [0.1, 0.15) is 5.76 Å². The lowest BCUT2D eigenvalue weighted by Gasteiger charge is -2.26. The van der Waals surface area contributed by atoms with Gasteiger partial charge in [0.15, 0.2) is 26.4 Å². The van der Waals surface area contributed by atoms with Gasteiger partial charge < -0.3 is 13.8 Å². The van der Waals surface area contributed by atoms with Crippen LogP contribution in [-0.4, -0.2) is 41.9 Å². The van der Waals surface area contributed by atoms with Gasteiger partial charge >= 0.3 is 0 Å². The first-order chi connectivity index (χ1) is 16.5. The molecule has 0 spiro atoms. The maximum absolute atomic E-state index is 13.5. The summed E-state index contributed by atoms with van der Waals surface area (Å²) in [4.78, 5) is 16.0. The highest BCUT2D eigenvalue weighted by atomic mass is 32.2. The second kappa shape index (κ2) is 9.52. The molecule has 0 saturated carbocycles. The Bertz CT molecular complexity index is 1380. The third-order valence-electron chi connectivity index (χ3n) is 5.62. The summed E-state index contributed by atoms with van der Waals surface area (Å²) in [5.41, 5.74) is 0.936. The third kappa shape index (κ3) is 5.10. The van der Waals surface area contributed by atoms with Gasteiger partial charge in [-0.1, -0.05) is 65.4 Å². The van der Waals surface area contributed by atoms with Crippen molar-refractivity contribution in [1.29, 1.82) is 0 Å². The first-order valence-electron chi connectivity index (χ1n) is 10.8. The van der Waals surface area contributed by atoms with Crippen LogP contribution in [0.25, 0.3) is 11.3 Å². The van der Waals surface area contributed by atoms with Crippen molar-refractivity contribution in [3.63, 3.8) is 0 Å². The van der Waals surface area contributed by atoms with Crippen molar-refractivity contribution < 1.29 is 22.2 Å². The fourth-order valence-electron chi connectivity index (χ4n) is 3.92. The molecule has 1 saturated heterocycles. The van der Waals surface area contributed by atoms with Crippen molar-refractivity contribution in [3.05, 3.63) is 90.3 Å². The maximum Gasteiger partial charge on any atom is 0.276 e. The Kier molecular flexibility index (Phi) is 6.30. The van der Waals surface area contributed by atoms with E-state index in [4.69, 9.17) is 8.94 Å². The number of carbonyl (C=O) groups excluding carboxylic acids is 1. The van der Waals surface area contributed by atoms with E-state index in [1.165, 1.54) is 16.7 Å². The second-order valence-corrected chi connectivity index (χ2v) is 11.4. The van der Waals surface area contributed by atoms with Crippen molar-refractivity contribution >= 4 is 27.5 Å². The molecule has 3 heterocycles. The molecule has 0 radical (unpaired) electrons.